The molecular weight excluding hydrogens is 262 g/mol. The Labute approximate surface area is 126 Å². The number of Topliss-reactive ketones (excluding diaryl/α,β-unsaturated/α-hetero) is 1. The van der Waals surface area contributed by atoms with E-state index in [0.29, 0.717) is 11.7 Å². The van der Waals surface area contributed by atoms with Gasteiger partial charge in [-0.3, -0.25) is 9.69 Å². The van der Waals surface area contributed by atoms with E-state index in [4.69, 9.17) is 4.74 Å². The molecule has 4 rings (SSSR count). The van der Waals surface area contributed by atoms with Crippen molar-refractivity contribution in [2.45, 2.75) is 43.6 Å². The number of fused-ring (bicyclic) bond motifs is 1. The Kier molecular flexibility index (Phi) is 2.90. The number of likely N-dealkylation sites (N-methyl/N-ethyl adjacent to an activating group) is 1. The topological polar surface area (TPSA) is 29.5 Å². The number of methoxy groups -OCH3 is 1. The fourth-order valence-electron chi connectivity index (χ4n) is 5.15. The van der Waals surface area contributed by atoms with Gasteiger partial charge in [-0.25, -0.2) is 0 Å². The fraction of sp³-hybridized carbons (Fsp3) is 0.611. The maximum Gasteiger partial charge on any atom is 0.180 e. The monoisotopic (exact) mass is 285 g/mol. The average molecular weight is 285 g/mol. The molecule has 1 aromatic rings. The fourth-order valence-corrected chi connectivity index (χ4v) is 5.15. The molecule has 2 aliphatic carbocycles. The molecule has 0 amide bonds. The maximum absolute atomic E-state index is 13.0. The van der Waals surface area contributed by atoms with E-state index in [0.717, 1.165) is 17.9 Å². The minimum absolute atomic E-state index is 0.0972. The van der Waals surface area contributed by atoms with Gasteiger partial charge in [-0.05, 0) is 62.5 Å². The zero-order valence-electron chi connectivity index (χ0n) is 12.9. The van der Waals surface area contributed by atoms with Gasteiger partial charge in [0.05, 0.1) is 13.2 Å². The average Bonchev–Trinajstić information content (AvgIpc) is 2.53. The molecule has 0 radical (unpaired) electrons. The molecule has 0 N–H and O–H groups in total. The third kappa shape index (κ3) is 1.67. The highest BCUT2D eigenvalue weighted by atomic mass is 16.5. The molecule has 2 fully saturated rings. The standard InChI is InChI=1S/C18H23NO2/c1-19-10-9-18-8-4-3-5-14(18)16(19)17(20)13-7-6-12(21-2)11-15(13)18/h6-7,11,14,16H,3-5,8-10H2,1-2H3/t14-,16-,18-/m1/s1. The number of benzene rings is 1. The van der Waals surface area contributed by atoms with Crippen molar-refractivity contribution in [3.8, 4) is 5.75 Å². The number of likely N-dealkylation sites (tertiary alicyclic amines) is 1. The second-order valence-corrected chi connectivity index (χ2v) is 6.96. The van der Waals surface area contributed by atoms with Gasteiger partial charge in [0.25, 0.3) is 0 Å². The number of rotatable bonds is 1. The van der Waals surface area contributed by atoms with Crippen LogP contribution in [-0.4, -0.2) is 37.4 Å². The first kappa shape index (κ1) is 13.3. The quantitative estimate of drug-likeness (QED) is 0.794. The van der Waals surface area contributed by atoms with Crippen LogP contribution in [0, 0.1) is 5.92 Å². The third-order valence-corrected chi connectivity index (χ3v) is 6.16. The Bertz CT molecular complexity index is 597. The van der Waals surface area contributed by atoms with Crippen LogP contribution in [0.5, 0.6) is 5.75 Å². The predicted octanol–water partition coefficient (Wildman–Crippen LogP) is 3.02. The highest BCUT2D eigenvalue weighted by Crippen LogP contribution is 2.55. The van der Waals surface area contributed by atoms with E-state index in [1.807, 2.05) is 12.1 Å². The second-order valence-electron chi connectivity index (χ2n) is 6.96. The molecule has 1 saturated heterocycles. The van der Waals surface area contributed by atoms with E-state index in [-0.39, 0.29) is 11.5 Å². The zero-order chi connectivity index (χ0) is 14.6. The molecule has 2 bridgehead atoms. The summed E-state index contributed by atoms with van der Waals surface area (Å²) in [6.45, 7) is 1.03. The van der Waals surface area contributed by atoms with Crippen LogP contribution in [0.1, 0.15) is 48.0 Å². The van der Waals surface area contributed by atoms with E-state index >= 15 is 0 Å². The summed E-state index contributed by atoms with van der Waals surface area (Å²) in [4.78, 5) is 15.3. The lowest BCUT2D eigenvalue weighted by atomic mass is 9.52. The van der Waals surface area contributed by atoms with Crippen LogP contribution in [0.4, 0.5) is 0 Å². The summed E-state index contributed by atoms with van der Waals surface area (Å²) in [5, 5.41) is 0. The summed E-state index contributed by atoms with van der Waals surface area (Å²) in [6.07, 6.45) is 6.16. The number of nitrogens with zero attached hydrogens (tertiary/aromatic N) is 1. The van der Waals surface area contributed by atoms with E-state index < -0.39 is 0 Å². The lowest BCUT2D eigenvalue weighted by molar-refractivity contribution is 0.00835. The van der Waals surface area contributed by atoms with Gasteiger partial charge in [-0.2, -0.15) is 0 Å². The number of piperidine rings is 1. The van der Waals surface area contributed by atoms with E-state index in [1.165, 1.54) is 37.7 Å². The lowest BCUT2D eigenvalue weighted by Gasteiger charge is -2.57. The van der Waals surface area contributed by atoms with Crippen LogP contribution in [-0.2, 0) is 5.41 Å². The minimum atomic E-state index is 0.0972. The molecule has 0 spiro atoms. The molecule has 3 nitrogen and oxygen atoms in total. The lowest BCUT2D eigenvalue weighted by Crippen LogP contribution is -2.62. The normalized spacial score (nSPS) is 35.0. The molecule has 21 heavy (non-hydrogen) atoms. The molecule has 112 valence electrons. The molecule has 0 aromatic heterocycles. The SMILES string of the molecule is COc1ccc2c(c1)[C@@]13CCCC[C@@H]1[C@H](C2=O)N(C)CC3. The van der Waals surface area contributed by atoms with Gasteiger partial charge < -0.3 is 4.74 Å². The number of ketones is 1. The first-order chi connectivity index (χ1) is 10.2. The van der Waals surface area contributed by atoms with Crippen LogP contribution in [0.25, 0.3) is 0 Å². The summed E-state index contributed by atoms with van der Waals surface area (Å²) >= 11 is 0. The minimum Gasteiger partial charge on any atom is -0.497 e. The van der Waals surface area contributed by atoms with E-state index in [9.17, 15) is 4.79 Å². The van der Waals surface area contributed by atoms with E-state index in [2.05, 4.69) is 18.0 Å². The number of ether oxygens (including phenoxy) is 1. The molecule has 3 aliphatic rings. The molecule has 1 heterocycles. The number of hydrogen-bond donors (Lipinski definition) is 0. The van der Waals surface area contributed by atoms with Crippen molar-refractivity contribution in [2.75, 3.05) is 20.7 Å². The summed E-state index contributed by atoms with van der Waals surface area (Å²) in [5.74, 6) is 1.71. The number of hydrogen-bond acceptors (Lipinski definition) is 3. The summed E-state index contributed by atoms with van der Waals surface area (Å²) in [5.41, 5.74) is 2.44. The zero-order valence-corrected chi connectivity index (χ0v) is 12.9. The van der Waals surface area contributed by atoms with Crippen molar-refractivity contribution in [3.63, 3.8) is 0 Å². The van der Waals surface area contributed by atoms with Gasteiger partial charge >= 0.3 is 0 Å². The molecular formula is C18H23NO2. The third-order valence-electron chi connectivity index (χ3n) is 6.16. The van der Waals surface area contributed by atoms with Crippen LogP contribution in [0.2, 0.25) is 0 Å². The van der Waals surface area contributed by atoms with Crippen molar-refractivity contribution in [3.05, 3.63) is 29.3 Å². The Morgan fingerprint density at radius 1 is 1.29 bits per heavy atom. The Morgan fingerprint density at radius 2 is 2.14 bits per heavy atom. The van der Waals surface area contributed by atoms with Gasteiger partial charge in [-0.1, -0.05) is 12.8 Å². The largest absolute Gasteiger partial charge is 0.497 e. The van der Waals surface area contributed by atoms with E-state index in [1.54, 1.807) is 7.11 Å². The van der Waals surface area contributed by atoms with Crippen LogP contribution >= 0.6 is 0 Å². The Morgan fingerprint density at radius 3 is 2.95 bits per heavy atom. The van der Waals surface area contributed by atoms with Gasteiger partial charge in [0, 0.05) is 11.0 Å². The maximum atomic E-state index is 13.0. The van der Waals surface area contributed by atoms with Crippen molar-refractivity contribution in [1.29, 1.82) is 0 Å². The van der Waals surface area contributed by atoms with Gasteiger partial charge in [0.1, 0.15) is 5.75 Å². The van der Waals surface area contributed by atoms with Crippen LogP contribution in [0.3, 0.4) is 0 Å². The molecule has 1 aliphatic heterocycles. The Balaban J connectivity index is 1.95. The molecule has 0 unspecified atom stereocenters. The van der Waals surface area contributed by atoms with Gasteiger partial charge in [0.2, 0.25) is 0 Å². The number of carbonyl (C=O) groups is 1. The first-order valence-electron chi connectivity index (χ1n) is 8.10. The summed E-state index contributed by atoms with van der Waals surface area (Å²) < 4.78 is 5.43. The molecule has 3 atom stereocenters. The van der Waals surface area contributed by atoms with Crippen molar-refractivity contribution in [1.82, 2.24) is 4.90 Å². The Hall–Kier alpha value is -1.35. The van der Waals surface area contributed by atoms with Crippen molar-refractivity contribution in [2.24, 2.45) is 5.92 Å². The summed E-state index contributed by atoms with van der Waals surface area (Å²) in [6, 6.07) is 6.18. The van der Waals surface area contributed by atoms with Crippen LogP contribution < -0.4 is 4.74 Å². The summed E-state index contributed by atoms with van der Waals surface area (Å²) in [7, 11) is 3.83. The second kappa shape index (κ2) is 4.57. The highest BCUT2D eigenvalue weighted by Gasteiger charge is 2.56. The molecule has 3 heteroatoms. The molecule has 1 saturated carbocycles. The first-order valence-corrected chi connectivity index (χ1v) is 8.10. The van der Waals surface area contributed by atoms with Crippen LogP contribution in [0.15, 0.2) is 18.2 Å². The van der Waals surface area contributed by atoms with Gasteiger partial charge in [0.15, 0.2) is 5.78 Å². The molecule has 1 aromatic carbocycles. The smallest absolute Gasteiger partial charge is 0.180 e. The number of carbonyl (C=O) groups excluding carboxylic acids is 1. The van der Waals surface area contributed by atoms with Gasteiger partial charge in [-0.15, -0.1) is 0 Å². The van der Waals surface area contributed by atoms with Crippen molar-refractivity contribution >= 4 is 5.78 Å². The highest BCUT2D eigenvalue weighted by molar-refractivity contribution is 6.03. The van der Waals surface area contributed by atoms with Crippen molar-refractivity contribution < 1.29 is 9.53 Å². The predicted molar refractivity (Wildman–Crippen MR) is 82.0 cm³/mol.